The van der Waals surface area contributed by atoms with Crippen LogP contribution in [0.4, 0.5) is 0 Å². The van der Waals surface area contributed by atoms with Crippen molar-refractivity contribution in [3.8, 4) is 5.75 Å². The van der Waals surface area contributed by atoms with E-state index < -0.39 is 16.0 Å². The average Bonchev–Trinajstić information content (AvgIpc) is 3.17. The number of carboxylic acids is 1. The third-order valence-corrected chi connectivity index (χ3v) is 7.04. The van der Waals surface area contributed by atoms with Crippen molar-refractivity contribution in [3.63, 3.8) is 0 Å². The molecule has 164 valence electrons. The first-order chi connectivity index (χ1) is 15.4. The van der Waals surface area contributed by atoms with Crippen molar-refractivity contribution in [2.75, 3.05) is 7.11 Å². The van der Waals surface area contributed by atoms with Crippen LogP contribution < -0.4 is 4.74 Å². The molecule has 0 spiro atoms. The van der Waals surface area contributed by atoms with Crippen LogP contribution in [-0.2, 0) is 27.7 Å². The summed E-state index contributed by atoms with van der Waals surface area (Å²) in [6.45, 7) is 0. The van der Waals surface area contributed by atoms with Gasteiger partial charge in [-0.1, -0.05) is 42.5 Å². The number of hydrogen-bond donors (Lipinski definition) is 1. The molecule has 0 bridgehead atoms. The Balaban J connectivity index is 1.77. The molecule has 0 aliphatic rings. The van der Waals surface area contributed by atoms with E-state index in [9.17, 15) is 13.2 Å². The highest BCUT2D eigenvalue weighted by atomic mass is 32.2. The molecule has 1 heterocycles. The van der Waals surface area contributed by atoms with E-state index in [0.29, 0.717) is 28.6 Å². The molecule has 0 saturated heterocycles. The van der Waals surface area contributed by atoms with E-state index in [0.717, 1.165) is 11.1 Å². The fourth-order valence-electron chi connectivity index (χ4n) is 3.77. The molecule has 7 heteroatoms. The number of carbonyl (C=O) groups is 1. The lowest BCUT2D eigenvalue weighted by atomic mass is 10.1. The molecular formula is C25H23NO5S. The number of methoxy groups -OCH3 is 1. The van der Waals surface area contributed by atoms with Crippen LogP contribution in [0.25, 0.3) is 10.9 Å². The van der Waals surface area contributed by atoms with Crippen molar-refractivity contribution in [1.82, 2.24) is 3.97 Å². The highest BCUT2D eigenvalue weighted by Gasteiger charge is 2.22. The first-order valence-electron chi connectivity index (χ1n) is 10.2. The second kappa shape index (κ2) is 8.88. The second-order valence-electron chi connectivity index (χ2n) is 7.54. The zero-order chi connectivity index (χ0) is 22.7. The minimum Gasteiger partial charge on any atom is -0.497 e. The van der Waals surface area contributed by atoms with Crippen molar-refractivity contribution >= 4 is 26.9 Å². The van der Waals surface area contributed by atoms with E-state index in [-0.39, 0.29) is 17.7 Å². The molecule has 0 unspecified atom stereocenters. The zero-order valence-corrected chi connectivity index (χ0v) is 18.4. The summed E-state index contributed by atoms with van der Waals surface area (Å²) in [6.07, 6.45) is 2.27. The molecule has 0 amide bonds. The smallest absolute Gasteiger partial charge is 0.303 e. The van der Waals surface area contributed by atoms with Crippen molar-refractivity contribution in [1.29, 1.82) is 0 Å². The minimum absolute atomic E-state index is 0.0943. The molecule has 0 saturated carbocycles. The first-order valence-corrected chi connectivity index (χ1v) is 11.6. The van der Waals surface area contributed by atoms with Crippen LogP contribution in [0.15, 0.2) is 83.9 Å². The minimum atomic E-state index is -3.89. The molecular weight excluding hydrogens is 426 g/mol. The van der Waals surface area contributed by atoms with E-state index in [2.05, 4.69) is 0 Å². The number of carboxylic acid groups (broad SMARTS) is 1. The van der Waals surface area contributed by atoms with Crippen molar-refractivity contribution < 1.29 is 23.1 Å². The summed E-state index contributed by atoms with van der Waals surface area (Å²) < 4.78 is 33.7. The highest BCUT2D eigenvalue weighted by molar-refractivity contribution is 7.90. The molecule has 4 rings (SSSR count). The van der Waals surface area contributed by atoms with Gasteiger partial charge in [0.25, 0.3) is 10.0 Å². The normalized spacial score (nSPS) is 11.5. The number of nitrogens with zero attached hydrogens (tertiary/aromatic N) is 1. The number of aryl methyl sites for hydroxylation is 1. The van der Waals surface area contributed by atoms with Crippen molar-refractivity contribution in [2.24, 2.45) is 0 Å². The predicted octanol–water partition coefficient (Wildman–Crippen LogP) is 4.49. The van der Waals surface area contributed by atoms with Gasteiger partial charge in [0.2, 0.25) is 0 Å². The standard InChI is InChI=1S/C25H23NO5S/c1-31-21-11-12-24-23(16-21)20(10-13-25(27)28)17-26(24)32(29,30)22-9-5-8-19(15-22)14-18-6-3-2-4-7-18/h2-9,11-12,15-17H,10,13-14H2,1H3,(H,27,28). The molecule has 3 aromatic carbocycles. The van der Waals surface area contributed by atoms with Crippen LogP contribution in [0.3, 0.4) is 0 Å². The number of ether oxygens (including phenoxy) is 1. The van der Waals surface area contributed by atoms with Gasteiger partial charge in [0.1, 0.15) is 5.75 Å². The summed E-state index contributed by atoms with van der Waals surface area (Å²) in [4.78, 5) is 11.3. The molecule has 1 aromatic heterocycles. The Bertz CT molecular complexity index is 1370. The summed E-state index contributed by atoms with van der Waals surface area (Å²) in [5.41, 5.74) is 3.11. The Morgan fingerprint density at radius 3 is 2.44 bits per heavy atom. The van der Waals surface area contributed by atoms with Crippen LogP contribution in [0.2, 0.25) is 0 Å². The van der Waals surface area contributed by atoms with Crippen LogP contribution in [0.5, 0.6) is 5.75 Å². The van der Waals surface area contributed by atoms with Crippen molar-refractivity contribution in [3.05, 3.63) is 95.7 Å². The predicted molar refractivity (Wildman–Crippen MR) is 123 cm³/mol. The molecule has 1 N–H and O–H groups in total. The Morgan fingerprint density at radius 1 is 0.969 bits per heavy atom. The molecule has 6 nitrogen and oxygen atoms in total. The van der Waals surface area contributed by atoms with Crippen LogP contribution in [-0.4, -0.2) is 30.6 Å². The Hall–Kier alpha value is -3.58. The maximum absolute atomic E-state index is 13.6. The molecule has 0 radical (unpaired) electrons. The van der Waals surface area contributed by atoms with E-state index in [1.807, 2.05) is 36.4 Å². The van der Waals surface area contributed by atoms with Gasteiger partial charge in [-0.25, -0.2) is 12.4 Å². The van der Waals surface area contributed by atoms with E-state index in [4.69, 9.17) is 9.84 Å². The third-order valence-electron chi connectivity index (χ3n) is 5.37. The van der Waals surface area contributed by atoms with Gasteiger partial charge in [-0.15, -0.1) is 0 Å². The van der Waals surface area contributed by atoms with Gasteiger partial charge < -0.3 is 9.84 Å². The number of rotatable bonds is 8. The van der Waals surface area contributed by atoms with Gasteiger partial charge in [-0.3, -0.25) is 4.79 Å². The summed E-state index contributed by atoms with van der Waals surface area (Å²) in [7, 11) is -2.36. The monoisotopic (exact) mass is 449 g/mol. The fraction of sp³-hybridized carbons (Fsp3) is 0.160. The SMILES string of the molecule is COc1ccc2c(c1)c(CCC(=O)O)cn2S(=O)(=O)c1cccc(Cc2ccccc2)c1. The lowest BCUT2D eigenvalue weighted by Crippen LogP contribution is -2.12. The van der Waals surface area contributed by atoms with Crippen molar-refractivity contribution in [2.45, 2.75) is 24.2 Å². The fourth-order valence-corrected chi connectivity index (χ4v) is 5.23. The van der Waals surface area contributed by atoms with Crippen LogP contribution in [0, 0.1) is 0 Å². The lowest BCUT2D eigenvalue weighted by molar-refractivity contribution is -0.136. The molecule has 4 aromatic rings. The summed E-state index contributed by atoms with van der Waals surface area (Å²) >= 11 is 0. The topological polar surface area (TPSA) is 85.6 Å². The Kier molecular flexibility index (Phi) is 6.01. The van der Waals surface area contributed by atoms with Gasteiger partial charge >= 0.3 is 5.97 Å². The van der Waals surface area contributed by atoms with Gasteiger partial charge in [0.05, 0.1) is 17.5 Å². The summed E-state index contributed by atoms with van der Waals surface area (Å²) in [5.74, 6) is -0.362. The highest BCUT2D eigenvalue weighted by Crippen LogP contribution is 2.30. The average molecular weight is 450 g/mol. The van der Waals surface area contributed by atoms with Gasteiger partial charge in [0.15, 0.2) is 0 Å². The zero-order valence-electron chi connectivity index (χ0n) is 17.6. The van der Waals surface area contributed by atoms with E-state index >= 15 is 0 Å². The van der Waals surface area contributed by atoms with Gasteiger partial charge in [0, 0.05) is 18.0 Å². The lowest BCUT2D eigenvalue weighted by Gasteiger charge is -2.10. The molecule has 0 atom stereocenters. The molecule has 0 aliphatic heterocycles. The quantitative estimate of drug-likeness (QED) is 0.428. The molecule has 32 heavy (non-hydrogen) atoms. The number of fused-ring (bicyclic) bond motifs is 1. The molecule has 0 aliphatic carbocycles. The van der Waals surface area contributed by atoms with Gasteiger partial charge in [-0.2, -0.15) is 0 Å². The third kappa shape index (κ3) is 4.38. The van der Waals surface area contributed by atoms with E-state index in [1.54, 1.807) is 36.4 Å². The summed E-state index contributed by atoms with van der Waals surface area (Å²) in [6, 6.07) is 21.9. The Morgan fingerprint density at radius 2 is 1.72 bits per heavy atom. The first kappa shape index (κ1) is 21.6. The number of hydrogen-bond acceptors (Lipinski definition) is 4. The van der Waals surface area contributed by atoms with Gasteiger partial charge in [-0.05, 0) is 59.9 Å². The number of benzene rings is 3. The number of aromatic nitrogens is 1. The maximum Gasteiger partial charge on any atom is 0.303 e. The summed E-state index contributed by atoms with van der Waals surface area (Å²) in [5, 5.41) is 9.76. The molecule has 0 fully saturated rings. The Labute approximate surface area is 186 Å². The maximum atomic E-state index is 13.6. The van der Waals surface area contributed by atoms with E-state index in [1.165, 1.54) is 17.3 Å². The van der Waals surface area contributed by atoms with Crippen LogP contribution >= 0.6 is 0 Å². The second-order valence-corrected chi connectivity index (χ2v) is 9.36. The van der Waals surface area contributed by atoms with Crippen LogP contribution in [0.1, 0.15) is 23.1 Å². The number of aliphatic carboxylic acids is 1. The largest absolute Gasteiger partial charge is 0.497 e.